The molecule has 0 amide bonds. The number of benzene rings is 6. The van der Waals surface area contributed by atoms with E-state index in [0.717, 1.165) is 22.6 Å². The summed E-state index contributed by atoms with van der Waals surface area (Å²) >= 11 is 0. The summed E-state index contributed by atoms with van der Waals surface area (Å²) in [6, 6.07) is 53.3. The first-order valence-corrected chi connectivity index (χ1v) is 19.4. The van der Waals surface area contributed by atoms with E-state index in [-0.39, 0.29) is 5.41 Å². The zero-order valence-electron chi connectivity index (χ0n) is 31.4. The van der Waals surface area contributed by atoms with Gasteiger partial charge >= 0.3 is 0 Å². The molecule has 2 aliphatic carbocycles. The Labute approximate surface area is 316 Å². The molecule has 0 atom stereocenters. The third-order valence-corrected chi connectivity index (χ3v) is 11.6. The monoisotopic (exact) mass is 687 g/mol. The maximum atomic E-state index is 4.76. The molecule has 0 spiro atoms. The van der Waals surface area contributed by atoms with Gasteiger partial charge in [-0.15, -0.1) is 0 Å². The lowest BCUT2D eigenvalue weighted by molar-refractivity contribution is 0.443. The Kier molecular flexibility index (Phi) is 9.59. The molecule has 0 bridgehead atoms. The fraction of sp³-hybridized carbons (Fsp3) is 0.192. The van der Waals surface area contributed by atoms with Gasteiger partial charge in [-0.1, -0.05) is 173 Å². The zero-order valence-corrected chi connectivity index (χ0v) is 31.4. The molecule has 1 nitrogen and oxygen atoms in total. The maximum absolute atomic E-state index is 4.76. The van der Waals surface area contributed by atoms with Crippen LogP contribution in [0.4, 0.5) is 11.4 Å². The highest BCUT2D eigenvalue weighted by Crippen LogP contribution is 2.50. The smallest absolute Gasteiger partial charge is 0.0464 e. The van der Waals surface area contributed by atoms with Gasteiger partial charge in [0.25, 0.3) is 0 Å². The van der Waals surface area contributed by atoms with Crippen molar-refractivity contribution in [1.29, 1.82) is 0 Å². The minimum atomic E-state index is -0.0945. The van der Waals surface area contributed by atoms with Crippen LogP contribution in [0.2, 0.25) is 0 Å². The van der Waals surface area contributed by atoms with Crippen molar-refractivity contribution in [2.45, 2.75) is 64.2 Å². The van der Waals surface area contributed by atoms with Gasteiger partial charge in [0.2, 0.25) is 0 Å². The molecule has 0 unspecified atom stereocenters. The van der Waals surface area contributed by atoms with Crippen LogP contribution in [0.15, 0.2) is 176 Å². The van der Waals surface area contributed by atoms with Crippen LogP contribution >= 0.6 is 0 Å². The van der Waals surface area contributed by atoms with Crippen LogP contribution in [0.25, 0.3) is 39.0 Å². The van der Waals surface area contributed by atoms with E-state index in [0.29, 0.717) is 5.92 Å². The van der Waals surface area contributed by atoms with Gasteiger partial charge in [-0.05, 0) is 117 Å². The van der Waals surface area contributed by atoms with Crippen molar-refractivity contribution in [2.75, 3.05) is 4.90 Å². The molecule has 53 heavy (non-hydrogen) atoms. The maximum Gasteiger partial charge on any atom is 0.0464 e. The molecule has 0 aromatic heterocycles. The minimum absolute atomic E-state index is 0.0945. The second-order valence-corrected chi connectivity index (χ2v) is 15.2. The number of allylic oxidation sites excluding steroid dienone is 4. The second-order valence-electron chi connectivity index (χ2n) is 15.2. The van der Waals surface area contributed by atoms with Crippen molar-refractivity contribution in [3.8, 4) is 33.4 Å². The summed E-state index contributed by atoms with van der Waals surface area (Å²) in [5.74, 6) is 0.661. The van der Waals surface area contributed by atoms with E-state index in [9.17, 15) is 0 Å². The highest BCUT2D eigenvalue weighted by molar-refractivity contribution is 5.94. The predicted molar refractivity (Wildman–Crippen MR) is 228 cm³/mol. The first-order chi connectivity index (χ1) is 25.9. The standard InChI is InChI=1S/C52H49N/c1-5-38(51-45(41-20-11-7-12-21-41)25-17-26-46(51)42-22-13-8-14-23-42)29-28-37(2)53(43-32-30-40(31-33-43)39-18-9-6-10-19-39)44-34-35-48-47-24-15-16-27-49(47)52(3,4)50(48)36-44/h5,7-8,11-17,20-36,39H,2,6,9-10,18-19H2,1,3-4H3/b29-28-,38-5+. The van der Waals surface area contributed by atoms with Crippen molar-refractivity contribution in [2.24, 2.45) is 0 Å². The number of fused-ring (bicyclic) bond motifs is 3. The van der Waals surface area contributed by atoms with Gasteiger partial charge in [-0.2, -0.15) is 0 Å². The number of anilines is 2. The second kappa shape index (κ2) is 14.8. The van der Waals surface area contributed by atoms with E-state index < -0.39 is 0 Å². The molecule has 1 saturated carbocycles. The van der Waals surface area contributed by atoms with Crippen molar-refractivity contribution in [1.82, 2.24) is 0 Å². The summed E-state index contributed by atoms with van der Waals surface area (Å²) in [4.78, 5) is 2.34. The zero-order chi connectivity index (χ0) is 36.4. The molecule has 1 fully saturated rings. The Morgan fingerprint density at radius 2 is 1.15 bits per heavy atom. The first-order valence-electron chi connectivity index (χ1n) is 19.4. The molecule has 0 N–H and O–H groups in total. The fourth-order valence-electron chi connectivity index (χ4n) is 8.81. The van der Waals surface area contributed by atoms with Gasteiger partial charge in [0.05, 0.1) is 0 Å². The topological polar surface area (TPSA) is 3.24 Å². The molecule has 6 aromatic rings. The van der Waals surface area contributed by atoms with Crippen LogP contribution in [0.5, 0.6) is 0 Å². The van der Waals surface area contributed by atoms with Gasteiger partial charge in [-0.25, -0.2) is 0 Å². The molecule has 0 saturated heterocycles. The fourth-order valence-corrected chi connectivity index (χ4v) is 8.81. The molecule has 6 aromatic carbocycles. The summed E-state index contributed by atoms with van der Waals surface area (Å²) in [6.07, 6.45) is 13.3. The van der Waals surface area contributed by atoms with E-state index in [1.807, 2.05) is 0 Å². The van der Waals surface area contributed by atoms with Crippen molar-refractivity contribution >= 4 is 16.9 Å². The van der Waals surface area contributed by atoms with Crippen LogP contribution in [0, 0.1) is 0 Å². The van der Waals surface area contributed by atoms with Gasteiger partial charge in [0.1, 0.15) is 0 Å². The average molecular weight is 688 g/mol. The first kappa shape index (κ1) is 34.4. The summed E-state index contributed by atoms with van der Waals surface area (Å²) in [5, 5.41) is 0. The number of hydrogen-bond acceptors (Lipinski definition) is 1. The minimum Gasteiger partial charge on any atom is -0.311 e. The predicted octanol–water partition coefficient (Wildman–Crippen LogP) is 14.7. The number of hydrogen-bond donors (Lipinski definition) is 0. The lowest BCUT2D eigenvalue weighted by Gasteiger charge is -2.29. The number of rotatable bonds is 9. The quantitative estimate of drug-likeness (QED) is 0.137. The van der Waals surface area contributed by atoms with Crippen LogP contribution in [-0.4, -0.2) is 0 Å². The molecule has 262 valence electrons. The largest absolute Gasteiger partial charge is 0.311 e. The highest BCUT2D eigenvalue weighted by Gasteiger charge is 2.35. The van der Waals surface area contributed by atoms with E-state index in [1.54, 1.807) is 0 Å². The Balaban J connectivity index is 1.21. The summed E-state index contributed by atoms with van der Waals surface area (Å²) in [7, 11) is 0. The molecule has 0 aliphatic heterocycles. The van der Waals surface area contributed by atoms with Crippen molar-refractivity contribution < 1.29 is 0 Å². The Hall–Kier alpha value is -5.66. The SMILES string of the molecule is C=C(/C=C\C(=C/C)c1c(-c2ccccc2)cccc1-c1ccccc1)N(c1ccc(C2CCCCC2)cc1)c1ccc2c(c1)C(C)(C)c1ccccc1-2. The van der Waals surface area contributed by atoms with Crippen molar-refractivity contribution in [3.63, 3.8) is 0 Å². The highest BCUT2D eigenvalue weighted by atomic mass is 15.1. The normalized spacial score (nSPS) is 15.3. The van der Waals surface area contributed by atoms with Crippen LogP contribution in [0.3, 0.4) is 0 Å². The Bertz CT molecular complexity index is 2240. The van der Waals surface area contributed by atoms with Crippen LogP contribution in [0.1, 0.15) is 81.0 Å². The Morgan fingerprint density at radius 3 is 1.79 bits per heavy atom. The summed E-state index contributed by atoms with van der Waals surface area (Å²) in [6.45, 7) is 11.6. The van der Waals surface area contributed by atoms with Crippen LogP contribution in [-0.2, 0) is 5.41 Å². The average Bonchev–Trinajstić information content (AvgIpc) is 3.45. The Morgan fingerprint density at radius 1 is 0.585 bits per heavy atom. The number of nitrogens with zero attached hydrogens (tertiary/aromatic N) is 1. The molecule has 0 radical (unpaired) electrons. The van der Waals surface area contributed by atoms with Gasteiger partial charge < -0.3 is 4.90 Å². The van der Waals surface area contributed by atoms with Crippen molar-refractivity contribution in [3.05, 3.63) is 198 Å². The van der Waals surface area contributed by atoms with Gasteiger partial charge in [0.15, 0.2) is 0 Å². The third-order valence-electron chi connectivity index (χ3n) is 11.6. The lowest BCUT2D eigenvalue weighted by Crippen LogP contribution is -2.18. The summed E-state index contributed by atoms with van der Waals surface area (Å²) < 4.78 is 0. The molecular formula is C52H49N. The molecule has 8 rings (SSSR count). The van der Waals surface area contributed by atoms with Gasteiger partial charge in [-0.3, -0.25) is 0 Å². The van der Waals surface area contributed by atoms with Crippen LogP contribution < -0.4 is 4.90 Å². The van der Waals surface area contributed by atoms with E-state index in [1.165, 1.54) is 87.7 Å². The lowest BCUT2D eigenvalue weighted by atomic mass is 9.82. The van der Waals surface area contributed by atoms with E-state index in [2.05, 4.69) is 189 Å². The molecular weight excluding hydrogens is 639 g/mol. The molecule has 2 aliphatic rings. The summed E-state index contributed by atoms with van der Waals surface area (Å²) in [5.41, 5.74) is 17.2. The molecule has 1 heteroatoms. The third kappa shape index (κ3) is 6.62. The van der Waals surface area contributed by atoms with Gasteiger partial charge in [0, 0.05) is 22.5 Å². The molecule has 0 heterocycles. The van der Waals surface area contributed by atoms with E-state index in [4.69, 9.17) is 6.58 Å². The van der Waals surface area contributed by atoms with E-state index >= 15 is 0 Å².